The van der Waals surface area contributed by atoms with Gasteiger partial charge in [0.2, 0.25) is 11.8 Å². The highest BCUT2D eigenvalue weighted by Crippen LogP contribution is 2.42. The van der Waals surface area contributed by atoms with Crippen LogP contribution in [0.5, 0.6) is 0 Å². The summed E-state index contributed by atoms with van der Waals surface area (Å²) in [5.41, 5.74) is 1.09. The monoisotopic (exact) mass is 386 g/mol. The SMILES string of the molecule is CN(C(=O)CC1CN(C(=O)C2CCc3cncn3C2)C2(CCC2)CO1)C1CC1. The first-order chi connectivity index (χ1) is 13.6. The van der Waals surface area contributed by atoms with Crippen molar-refractivity contribution < 1.29 is 14.3 Å². The van der Waals surface area contributed by atoms with Gasteiger partial charge in [0.15, 0.2) is 0 Å². The molecule has 3 fully saturated rings. The van der Waals surface area contributed by atoms with E-state index in [4.69, 9.17) is 4.74 Å². The van der Waals surface area contributed by atoms with Crippen LogP contribution in [0.15, 0.2) is 12.5 Å². The van der Waals surface area contributed by atoms with Gasteiger partial charge in [0.1, 0.15) is 0 Å². The Bertz CT molecular complexity index is 767. The zero-order chi connectivity index (χ0) is 19.3. The third-order valence-electron chi connectivity index (χ3n) is 7.30. The summed E-state index contributed by atoms with van der Waals surface area (Å²) in [6.45, 7) is 1.85. The maximum absolute atomic E-state index is 13.5. The lowest BCUT2D eigenvalue weighted by molar-refractivity contribution is -0.178. The van der Waals surface area contributed by atoms with Crippen LogP contribution >= 0.6 is 0 Å². The molecule has 1 spiro atoms. The molecule has 0 bridgehead atoms. The molecule has 0 radical (unpaired) electrons. The first-order valence-electron chi connectivity index (χ1n) is 10.7. The summed E-state index contributed by atoms with van der Waals surface area (Å²) in [7, 11) is 1.89. The van der Waals surface area contributed by atoms with Crippen molar-refractivity contribution >= 4 is 11.8 Å². The Morgan fingerprint density at radius 2 is 2.11 bits per heavy atom. The highest BCUT2D eigenvalue weighted by atomic mass is 16.5. The fraction of sp³-hybridized carbons (Fsp3) is 0.762. The van der Waals surface area contributed by atoms with Crippen molar-refractivity contribution in [3.8, 4) is 0 Å². The number of amides is 2. The van der Waals surface area contributed by atoms with Crippen LogP contribution in [0.1, 0.15) is 50.6 Å². The maximum atomic E-state index is 13.5. The van der Waals surface area contributed by atoms with Crippen LogP contribution in [0.4, 0.5) is 0 Å². The Labute approximate surface area is 166 Å². The summed E-state index contributed by atoms with van der Waals surface area (Å²) in [5.74, 6) is 0.392. The van der Waals surface area contributed by atoms with E-state index in [1.54, 1.807) is 0 Å². The Kier molecular flexibility index (Phi) is 4.45. The van der Waals surface area contributed by atoms with Gasteiger partial charge in [-0.2, -0.15) is 0 Å². The zero-order valence-electron chi connectivity index (χ0n) is 16.7. The summed E-state index contributed by atoms with van der Waals surface area (Å²) in [5, 5.41) is 0. The number of morpholine rings is 1. The molecule has 28 heavy (non-hydrogen) atoms. The molecular weight excluding hydrogens is 356 g/mol. The van der Waals surface area contributed by atoms with Crippen LogP contribution in [0.2, 0.25) is 0 Å². The lowest BCUT2D eigenvalue weighted by Crippen LogP contribution is -2.66. The van der Waals surface area contributed by atoms with Gasteiger partial charge in [-0.25, -0.2) is 4.98 Å². The van der Waals surface area contributed by atoms with E-state index >= 15 is 0 Å². The molecule has 4 aliphatic rings. The number of nitrogens with zero attached hydrogens (tertiary/aromatic N) is 4. The van der Waals surface area contributed by atoms with E-state index in [0.717, 1.165) is 51.5 Å². The average Bonchev–Trinajstić information content (AvgIpc) is 3.42. The molecule has 2 saturated carbocycles. The predicted molar refractivity (Wildman–Crippen MR) is 102 cm³/mol. The van der Waals surface area contributed by atoms with Crippen LogP contribution in [-0.2, 0) is 27.3 Å². The molecule has 1 saturated heterocycles. The number of carbonyl (C=O) groups is 2. The number of hydrogen-bond donors (Lipinski definition) is 0. The summed E-state index contributed by atoms with van der Waals surface area (Å²) in [6, 6.07) is 0.415. The van der Waals surface area contributed by atoms with Gasteiger partial charge in [-0.15, -0.1) is 0 Å². The fourth-order valence-electron chi connectivity index (χ4n) is 5.04. The quantitative estimate of drug-likeness (QED) is 0.788. The van der Waals surface area contributed by atoms with E-state index in [0.29, 0.717) is 25.6 Å². The summed E-state index contributed by atoms with van der Waals surface area (Å²) in [4.78, 5) is 34.3. The molecule has 7 nitrogen and oxygen atoms in total. The van der Waals surface area contributed by atoms with Gasteiger partial charge < -0.3 is 19.1 Å². The molecule has 0 aromatic carbocycles. The van der Waals surface area contributed by atoms with Gasteiger partial charge >= 0.3 is 0 Å². The number of hydrogen-bond acceptors (Lipinski definition) is 4. The smallest absolute Gasteiger partial charge is 0.228 e. The van der Waals surface area contributed by atoms with Crippen molar-refractivity contribution in [1.29, 1.82) is 0 Å². The number of ether oxygens (including phenoxy) is 1. The largest absolute Gasteiger partial charge is 0.373 e. The molecule has 3 heterocycles. The zero-order valence-corrected chi connectivity index (χ0v) is 16.7. The number of imidazole rings is 1. The number of aryl methyl sites for hydroxylation is 1. The fourth-order valence-corrected chi connectivity index (χ4v) is 5.04. The van der Waals surface area contributed by atoms with Gasteiger partial charge in [0, 0.05) is 38.1 Å². The molecule has 0 N–H and O–H groups in total. The summed E-state index contributed by atoms with van der Waals surface area (Å²) in [6.07, 6.45) is 11.1. The third kappa shape index (κ3) is 3.13. The average molecular weight is 386 g/mol. The van der Waals surface area contributed by atoms with Crippen molar-refractivity contribution in [2.75, 3.05) is 20.2 Å². The highest BCUT2D eigenvalue weighted by molar-refractivity contribution is 5.81. The topological polar surface area (TPSA) is 67.7 Å². The molecule has 2 aliphatic carbocycles. The number of aromatic nitrogens is 2. The van der Waals surface area contributed by atoms with Gasteiger partial charge in [-0.05, 0) is 44.9 Å². The van der Waals surface area contributed by atoms with E-state index in [-0.39, 0.29) is 29.4 Å². The minimum atomic E-state index is -0.184. The second-order valence-corrected chi connectivity index (χ2v) is 9.17. The van der Waals surface area contributed by atoms with Crippen molar-refractivity contribution in [3.05, 3.63) is 18.2 Å². The summed E-state index contributed by atoms with van der Waals surface area (Å²) >= 11 is 0. The highest BCUT2D eigenvalue weighted by Gasteiger charge is 2.50. The van der Waals surface area contributed by atoms with Crippen LogP contribution in [0.25, 0.3) is 0 Å². The van der Waals surface area contributed by atoms with Gasteiger partial charge in [0.25, 0.3) is 0 Å². The first-order valence-corrected chi connectivity index (χ1v) is 10.7. The molecule has 152 valence electrons. The number of carbonyl (C=O) groups excluding carboxylic acids is 2. The second kappa shape index (κ2) is 6.87. The van der Waals surface area contributed by atoms with E-state index < -0.39 is 0 Å². The second-order valence-electron chi connectivity index (χ2n) is 9.17. The van der Waals surface area contributed by atoms with Crippen molar-refractivity contribution in [3.63, 3.8) is 0 Å². The standard InChI is InChI=1S/C21H30N4O3/c1-23(16-5-6-16)19(26)9-18-12-25(21(13-28-18)7-2-8-21)20(27)15-3-4-17-10-22-14-24(17)11-15/h10,14-16,18H,2-9,11-13H2,1H3. The summed E-state index contributed by atoms with van der Waals surface area (Å²) < 4.78 is 8.23. The number of rotatable bonds is 4. The maximum Gasteiger partial charge on any atom is 0.228 e. The lowest BCUT2D eigenvalue weighted by atomic mass is 9.74. The Balaban J connectivity index is 1.28. The molecule has 2 amide bonds. The van der Waals surface area contributed by atoms with E-state index in [2.05, 4.69) is 14.5 Å². The molecule has 2 atom stereocenters. The van der Waals surface area contributed by atoms with Crippen LogP contribution in [-0.4, -0.2) is 69.0 Å². The van der Waals surface area contributed by atoms with Crippen molar-refractivity contribution in [2.45, 2.75) is 75.6 Å². The molecule has 2 unspecified atom stereocenters. The predicted octanol–water partition coefficient (Wildman–Crippen LogP) is 1.61. The Morgan fingerprint density at radius 3 is 2.82 bits per heavy atom. The van der Waals surface area contributed by atoms with Gasteiger partial charge in [-0.1, -0.05) is 0 Å². The minimum absolute atomic E-state index is 0.00256. The molecule has 1 aromatic rings. The Morgan fingerprint density at radius 1 is 1.29 bits per heavy atom. The van der Waals surface area contributed by atoms with Gasteiger partial charge in [0.05, 0.1) is 36.9 Å². The number of fused-ring (bicyclic) bond motifs is 1. The molecule has 7 heteroatoms. The van der Waals surface area contributed by atoms with Crippen LogP contribution in [0.3, 0.4) is 0 Å². The molecular formula is C21H30N4O3. The minimum Gasteiger partial charge on any atom is -0.373 e. The third-order valence-corrected chi connectivity index (χ3v) is 7.30. The van der Waals surface area contributed by atoms with Crippen LogP contribution in [0, 0.1) is 5.92 Å². The molecule has 2 aliphatic heterocycles. The van der Waals surface area contributed by atoms with Crippen LogP contribution < -0.4 is 0 Å². The van der Waals surface area contributed by atoms with E-state index in [9.17, 15) is 9.59 Å². The van der Waals surface area contributed by atoms with Crippen molar-refractivity contribution in [1.82, 2.24) is 19.4 Å². The normalized spacial score (nSPS) is 28.5. The first kappa shape index (κ1) is 18.2. The molecule has 5 rings (SSSR count). The lowest BCUT2D eigenvalue weighted by Gasteiger charge is -2.55. The van der Waals surface area contributed by atoms with Gasteiger partial charge in [-0.3, -0.25) is 9.59 Å². The Hall–Kier alpha value is -1.89. The van der Waals surface area contributed by atoms with E-state index in [1.165, 1.54) is 5.69 Å². The van der Waals surface area contributed by atoms with Crippen molar-refractivity contribution in [2.24, 2.45) is 5.92 Å². The van der Waals surface area contributed by atoms with E-state index in [1.807, 2.05) is 24.5 Å². The molecule has 1 aromatic heterocycles.